The SMILES string of the molecule is C=Nc1c(N(C)C(C)(C)C)nc[nH]c1=O.CC. The van der Waals surface area contributed by atoms with Crippen LogP contribution >= 0.6 is 0 Å². The van der Waals surface area contributed by atoms with Crippen molar-refractivity contribution >= 4 is 18.2 Å². The number of aromatic nitrogens is 2. The number of anilines is 1. The fraction of sp³-hybridized carbons (Fsp3) is 0.583. The van der Waals surface area contributed by atoms with Crippen molar-refractivity contribution < 1.29 is 0 Å². The van der Waals surface area contributed by atoms with E-state index in [1.165, 1.54) is 6.33 Å². The summed E-state index contributed by atoms with van der Waals surface area (Å²) < 4.78 is 0. The van der Waals surface area contributed by atoms with Crippen molar-refractivity contribution in [3.63, 3.8) is 0 Å². The van der Waals surface area contributed by atoms with Gasteiger partial charge in [-0.1, -0.05) is 13.8 Å². The first-order valence-corrected chi connectivity index (χ1v) is 5.66. The van der Waals surface area contributed by atoms with E-state index < -0.39 is 0 Å². The number of aliphatic imine (C=N–C) groups is 1. The van der Waals surface area contributed by atoms with E-state index in [0.717, 1.165) is 0 Å². The molecule has 0 fully saturated rings. The molecule has 5 nitrogen and oxygen atoms in total. The van der Waals surface area contributed by atoms with Crippen molar-refractivity contribution in [2.45, 2.75) is 40.2 Å². The summed E-state index contributed by atoms with van der Waals surface area (Å²) in [4.78, 5) is 23.6. The van der Waals surface area contributed by atoms with Crippen LogP contribution in [0.4, 0.5) is 11.5 Å². The minimum absolute atomic E-state index is 0.125. The van der Waals surface area contributed by atoms with Gasteiger partial charge in [0.1, 0.15) is 0 Å². The molecule has 0 spiro atoms. The summed E-state index contributed by atoms with van der Waals surface area (Å²) in [6, 6.07) is 0. The number of nitrogens with zero attached hydrogens (tertiary/aromatic N) is 3. The maximum absolute atomic E-state index is 11.4. The molecule has 1 aromatic rings. The van der Waals surface area contributed by atoms with Crippen LogP contribution in [0.25, 0.3) is 0 Å². The molecule has 0 aromatic carbocycles. The Kier molecular flexibility index (Phi) is 5.58. The third kappa shape index (κ3) is 3.69. The van der Waals surface area contributed by atoms with Crippen LogP contribution in [0.5, 0.6) is 0 Å². The second-order valence-electron chi connectivity index (χ2n) is 4.29. The first-order chi connectivity index (χ1) is 7.88. The van der Waals surface area contributed by atoms with Gasteiger partial charge in [0.05, 0.1) is 6.33 Å². The van der Waals surface area contributed by atoms with Crippen molar-refractivity contribution in [1.82, 2.24) is 9.97 Å². The van der Waals surface area contributed by atoms with Crippen LogP contribution < -0.4 is 10.5 Å². The smallest absolute Gasteiger partial charge is 0.278 e. The quantitative estimate of drug-likeness (QED) is 0.804. The lowest BCUT2D eigenvalue weighted by Crippen LogP contribution is -2.39. The molecule has 0 aliphatic carbocycles. The van der Waals surface area contributed by atoms with E-state index in [-0.39, 0.29) is 16.8 Å². The Morgan fingerprint density at radius 1 is 1.41 bits per heavy atom. The van der Waals surface area contributed by atoms with E-state index in [2.05, 4.69) is 21.7 Å². The average molecular weight is 238 g/mol. The minimum atomic E-state index is -0.272. The zero-order valence-electron chi connectivity index (χ0n) is 11.5. The fourth-order valence-electron chi connectivity index (χ4n) is 1.09. The van der Waals surface area contributed by atoms with Crippen LogP contribution in [0.3, 0.4) is 0 Å². The molecule has 0 aliphatic heterocycles. The number of hydrogen-bond acceptors (Lipinski definition) is 4. The molecule has 0 radical (unpaired) electrons. The molecular weight excluding hydrogens is 216 g/mol. The number of rotatable bonds is 2. The highest BCUT2D eigenvalue weighted by Crippen LogP contribution is 2.25. The topological polar surface area (TPSA) is 61.4 Å². The molecule has 0 aliphatic rings. The maximum Gasteiger partial charge on any atom is 0.278 e. The molecule has 1 heterocycles. The van der Waals surface area contributed by atoms with E-state index in [1.807, 2.05) is 46.6 Å². The largest absolute Gasteiger partial charge is 0.353 e. The average Bonchev–Trinajstić information content (AvgIpc) is 2.29. The zero-order valence-corrected chi connectivity index (χ0v) is 11.5. The summed E-state index contributed by atoms with van der Waals surface area (Å²) in [5.41, 5.74) is -0.138. The van der Waals surface area contributed by atoms with Crippen molar-refractivity contribution in [2.24, 2.45) is 4.99 Å². The number of H-pyrrole nitrogens is 1. The Bertz CT molecular complexity index is 417. The van der Waals surface area contributed by atoms with Crippen LogP contribution in [0, 0.1) is 0 Å². The summed E-state index contributed by atoms with van der Waals surface area (Å²) in [6.45, 7) is 13.5. The third-order valence-corrected chi connectivity index (χ3v) is 2.29. The van der Waals surface area contributed by atoms with Gasteiger partial charge in [-0.2, -0.15) is 0 Å². The molecule has 0 bridgehead atoms. The summed E-state index contributed by atoms with van der Waals surface area (Å²) in [5, 5.41) is 0. The molecular formula is C12H22N4O. The van der Waals surface area contributed by atoms with Crippen LogP contribution in [-0.4, -0.2) is 29.3 Å². The lowest BCUT2D eigenvalue weighted by atomic mass is 10.1. The summed E-state index contributed by atoms with van der Waals surface area (Å²) in [7, 11) is 1.87. The van der Waals surface area contributed by atoms with Gasteiger partial charge in [0, 0.05) is 12.6 Å². The highest BCUT2D eigenvalue weighted by molar-refractivity contribution is 5.63. The van der Waals surface area contributed by atoms with Gasteiger partial charge in [0.25, 0.3) is 5.56 Å². The normalized spacial score (nSPS) is 10.2. The van der Waals surface area contributed by atoms with Crippen molar-refractivity contribution in [3.8, 4) is 0 Å². The molecule has 96 valence electrons. The maximum atomic E-state index is 11.4. The monoisotopic (exact) mass is 238 g/mol. The van der Waals surface area contributed by atoms with E-state index in [0.29, 0.717) is 5.82 Å². The van der Waals surface area contributed by atoms with Crippen LogP contribution in [0.1, 0.15) is 34.6 Å². The highest BCUT2D eigenvalue weighted by Gasteiger charge is 2.22. The summed E-state index contributed by atoms with van der Waals surface area (Å²) >= 11 is 0. The van der Waals surface area contributed by atoms with E-state index >= 15 is 0 Å². The first-order valence-electron chi connectivity index (χ1n) is 5.66. The number of aromatic amines is 1. The Labute approximate surface area is 103 Å². The molecule has 5 heteroatoms. The molecule has 1 rings (SSSR count). The molecule has 1 N–H and O–H groups in total. The predicted molar refractivity (Wildman–Crippen MR) is 73.6 cm³/mol. The van der Waals surface area contributed by atoms with Gasteiger partial charge >= 0.3 is 0 Å². The fourth-order valence-corrected chi connectivity index (χ4v) is 1.09. The number of nitrogens with one attached hydrogen (secondary N) is 1. The van der Waals surface area contributed by atoms with Gasteiger partial charge < -0.3 is 9.88 Å². The molecule has 0 atom stereocenters. The van der Waals surface area contributed by atoms with Gasteiger partial charge in [-0.15, -0.1) is 0 Å². The van der Waals surface area contributed by atoms with Crippen molar-refractivity contribution in [2.75, 3.05) is 11.9 Å². The first kappa shape index (κ1) is 15.3. The molecule has 0 saturated heterocycles. The van der Waals surface area contributed by atoms with Gasteiger partial charge in [-0.25, -0.2) is 4.98 Å². The van der Waals surface area contributed by atoms with Crippen LogP contribution in [-0.2, 0) is 0 Å². The van der Waals surface area contributed by atoms with Crippen molar-refractivity contribution in [3.05, 3.63) is 16.7 Å². The van der Waals surface area contributed by atoms with E-state index in [1.54, 1.807) is 0 Å². The Morgan fingerprint density at radius 2 is 1.94 bits per heavy atom. The Morgan fingerprint density at radius 3 is 2.35 bits per heavy atom. The van der Waals surface area contributed by atoms with Gasteiger partial charge in [0.2, 0.25) is 0 Å². The second-order valence-corrected chi connectivity index (χ2v) is 4.29. The molecule has 1 aromatic heterocycles. The molecule has 0 amide bonds. The summed E-state index contributed by atoms with van der Waals surface area (Å²) in [5.74, 6) is 0.543. The highest BCUT2D eigenvalue weighted by atomic mass is 16.1. The van der Waals surface area contributed by atoms with E-state index in [9.17, 15) is 4.79 Å². The lowest BCUT2D eigenvalue weighted by Gasteiger charge is -2.33. The van der Waals surface area contributed by atoms with Gasteiger partial charge in [-0.3, -0.25) is 9.79 Å². The predicted octanol–water partition coefficient (Wildman–Crippen LogP) is 2.36. The zero-order chi connectivity index (χ0) is 13.6. The Balaban J connectivity index is 0.00000121. The van der Waals surface area contributed by atoms with Crippen molar-refractivity contribution in [1.29, 1.82) is 0 Å². The molecule has 0 saturated carbocycles. The molecule has 17 heavy (non-hydrogen) atoms. The standard InChI is InChI=1S/C10H16N4O.C2H6/c1-10(2,3)14(5)8-7(11-4)9(15)13-6-12-8;1-2/h6H,4H2,1-3,5H3,(H,12,13,15);1-2H3. The lowest BCUT2D eigenvalue weighted by molar-refractivity contribution is 0.533. The van der Waals surface area contributed by atoms with Crippen LogP contribution in [0.2, 0.25) is 0 Å². The molecule has 0 unspecified atom stereocenters. The second kappa shape index (κ2) is 6.18. The Hall–Kier alpha value is -1.65. The van der Waals surface area contributed by atoms with E-state index in [4.69, 9.17) is 0 Å². The van der Waals surface area contributed by atoms with Gasteiger partial charge in [0.15, 0.2) is 11.5 Å². The van der Waals surface area contributed by atoms with Crippen LogP contribution in [0.15, 0.2) is 16.1 Å². The minimum Gasteiger partial charge on any atom is -0.353 e. The third-order valence-electron chi connectivity index (χ3n) is 2.29. The number of hydrogen-bond donors (Lipinski definition) is 1. The van der Waals surface area contributed by atoms with Gasteiger partial charge in [-0.05, 0) is 27.5 Å². The summed E-state index contributed by atoms with van der Waals surface area (Å²) in [6.07, 6.45) is 1.37.